The highest BCUT2D eigenvalue weighted by atomic mass is 16.5. The molecule has 0 fully saturated rings. The van der Waals surface area contributed by atoms with Crippen LogP contribution in [0.15, 0.2) is 0 Å². The summed E-state index contributed by atoms with van der Waals surface area (Å²) in [6.07, 6.45) is -0.0312. The number of hydrogen-bond acceptors (Lipinski definition) is 3. The first-order chi connectivity index (χ1) is 5.38. The lowest BCUT2D eigenvalue weighted by Gasteiger charge is -2.18. The van der Waals surface area contributed by atoms with Crippen LogP contribution in [-0.4, -0.2) is 36.4 Å². The Balaban J connectivity index is 3.73. The number of rotatable bonds is 4. The minimum Gasteiger partial charge on any atom is -0.381 e. The van der Waals surface area contributed by atoms with Gasteiger partial charge in [0.2, 0.25) is 0 Å². The zero-order valence-electron chi connectivity index (χ0n) is 8.05. The standard InChI is InChI=1S/C8H17NO3/c1-6(12-4)5-9-7(10)8(2,3)11/h6,11H,5H2,1-4H3,(H,9,10). The van der Waals surface area contributed by atoms with Gasteiger partial charge in [-0.1, -0.05) is 0 Å². The molecule has 0 aromatic heterocycles. The first-order valence-electron chi connectivity index (χ1n) is 3.91. The molecular formula is C8H17NO3. The highest BCUT2D eigenvalue weighted by Gasteiger charge is 2.23. The Labute approximate surface area is 72.9 Å². The van der Waals surface area contributed by atoms with Crippen LogP contribution in [0, 0.1) is 0 Å². The minimum atomic E-state index is -1.31. The summed E-state index contributed by atoms with van der Waals surface area (Å²) < 4.78 is 4.92. The van der Waals surface area contributed by atoms with Crippen molar-refractivity contribution in [3.8, 4) is 0 Å². The summed E-state index contributed by atoms with van der Waals surface area (Å²) >= 11 is 0. The number of aliphatic hydroxyl groups is 1. The van der Waals surface area contributed by atoms with E-state index in [0.29, 0.717) is 6.54 Å². The van der Waals surface area contributed by atoms with Crippen LogP contribution in [0.2, 0.25) is 0 Å². The minimum absolute atomic E-state index is 0.0312. The average Bonchev–Trinajstić information content (AvgIpc) is 1.97. The molecular weight excluding hydrogens is 158 g/mol. The third-order valence-electron chi connectivity index (χ3n) is 1.51. The average molecular weight is 175 g/mol. The van der Waals surface area contributed by atoms with Crippen molar-refractivity contribution in [3.05, 3.63) is 0 Å². The Kier molecular flexibility index (Phi) is 4.20. The summed E-state index contributed by atoms with van der Waals surface area (Å²) in [4.78, 5) is 11.1. The van der Waals surface area contributed by atoms with Gasteiger partial charge in [-0.05, 0) is 20.8 Å². The van der Waals surface area contributed by atoms with E-state index in [2.05, 4.69) is 5.32 Å². The van der Waals surface area contributed by atoms with Gasteiger partial charge in [-0.3, -0.25) is 4.79 Å². The highest BCUT2D eigenvalue weighted by Crippen LogP contribution is 1.99. The predicted molar refractivity (Wildman–Crippen MR) is 45.8 cm³/mol. The number of nitrogens with one attached hydrogen (secondary N) is 1. The maximum Gasteiger partial charge on any atom is 0.251 e. The van der Waals surface area contributed by atoms with E-state index >= 15 is 0 Å². The molecule has 12 heavy (non-hydrogen) atoms. The smallest absolute Gasteiger partial charge is 0.251 e. The Morgan fingerprint density at radius 2 is 2.17 bits per heavy atom. The molecule has 0 spiro atoms. The summed E-state index contributed by atoms with van der Waals surface area (Å²) in [5.74, 6) is -0.383. The molecule has 0 saturated heterocycles. The molecule has 2 N–H and O–H groups in total. The zero-order chi connectivity index (χ0) is 9.78. The fraction of sp³-hybridized carbons (Fsp3) is 0.875. The van der Waals surface area contributed by atoms with Crippen LogP contribution in [0.3, 0.4) is 0 Å². The van der Waals surface area contributed by atoms with Crippen molar-refractivity contribution in [2.75, 3.05) is 13.7 Å². The van der Waals surface area contributed by atoms with Gasteiger partial charge in [-0.15, -0.1) is 0 Å². The van der Waals surface area contributed by atoms with Gasteiger partial charge in [-0.25, -0.2) is 0 Å². The molecule has 1 unspecified atom stereocenters. The number of ether oxygens (including phenoxy) is 1. The van der Waals surface area contributed by atoms with Crippen molar-refractivity contribution in [1.82, 2.24) is 5.32 Å². The van der Waals surface area contributed by atoms with E-state index in [0.717, 1.165) is 0 Å². The van der Waals surface area contributed by atoms with Crippen LogP contribution in [0.25, 0.3) is 0 Å². The summed E-state index contributed by atoms with van der Waals surface area (Å²) in [5, 5.41) is 11.8. The van der Waals surface area contributed by atoms with E-state index in [-0.39, 0.29) is 12.0 Å². The molecule has 0 heterocycles. The summed E-state index contributed by atoms with van der Waals surface area (Å²) in [6, 6.07) is 0. The highest BCUT2D eigenvalue weighted by molar-refractivity contribution is 5.83. The fourth-order valence-electron chi connectivity index (χ4n) is 0.536. The Morgan fingerprint density at radius 3 is 2.50 bits per heavy atom. The van der Waals surface area contributed by atoms with Crippen LogP contribution < -0.4 is 5.32 Å². The normalized spacial score (nSPS) is 14.1. The van der Waals surface area contributed by atoms with Crippen LogP contribution in [-0.2, 0) is 9.53 Å². The summed E-state index contributed by atoms with van der Waals surface area (Å²) in [6.45, 7) is 5.14. The maximum absolute atomic E-state index is 11.1. The Bertz CT molecular complexity index is 151. The number of methoxy groups -OCH3 is 1. The molecule has 72 valence electrons. The van der Waals surface area contributed by atoms with E-state index in [1.807, 2.05) is 6.92 Å². The SMILES string of the molecule is COC(C)CNC(=O)C(C)(C)O. The van der Waals surface area contributed by atoms with Crippen molar-refractivity contribution in [1.29, 1.82) is 0 Å². The van der Waals surface area contributed by atoms with Crippen molar-refractivity contribution < 1.29 is 14.6 Å². The zero-order valence-corrected chi connectivity index (χ0v) is 8.05. The molecule has 0 rings (SSSR count). The van der Waals surface area contributed by atoms with E-state index in [1.54, 1.807) is 7.11 Å². The largest absolute Gasteiger partial charge is 0.381 e. The molecule has 0 aromatic carbocycles. The monoisotopic (exact) mass is 175 g/mol. The topological polar surface area (TPSA) is 58.6 Å². The fourth-order valence-corrected chi connectivity index (χ4v) is 0.536. The lowest BCUT2D eigenvalue weighted by Crippen LogP contribution is -2.44. The summed E-state index contributed by atoms with van der Waals surface area (Å²) in [5.41, 5.74) is -1.31. The molecule has 0 aliphatic heterocycles. The number of hydrogen-bond donors (Lipinski definition) is 2. The van der Waals surface area contributed by atoms with Crippen molar-refractivity contribution in [2.45, 2.75) is 32.5 Å². The van der Waals surface area contributed by atoms with Gasteiger partial charge >= 0.3 is 0 Å². The molecule has 0 bridgehead atoms. The van der Waals surface area contributed by atoms with Crippen molar-refractivity contribution in [2.24, 2.45) is 0 Å². The second-order valence-electron chi connectivity index (χ2n) is 3.32. The van der Waals surface area contributed by atoms with E-state index in [4.69, 9.17) is 4.74 Å². The third-order valence-corrected chi connectivity index (χ3v) is 1.51. The van der Waals surface area contributed by atoms with E-state index in [1.165, 1.54) is 13.8 Å². The quantitative estimate of drug-likeness (QED) is 0.627. The summed E-state index contributed by atoms with van der Waals surface area (Å²) in [7, 11) is 1.57. The van der Waals surface area contributed by atoms with Gasteiger partial charge in [0.1, 0.15) is 5.60 Å². The van der Waals surface area contributed by atoms with Gasteiger partial charge in [0.05, 0.1) is 6.10 Å². The number of amides is 1. The molecule has 0 radical (unpaired) electrons. The van der Waals surface area contributed by atoms with Crippen LogP contribution in [0.4, 0.5) is 0 Å². The molecule has 1 amide bonds. The van der Waals surface area contributed by atoms with Crippen LogP contribution in [0.5, 0.6) is 0 Å². The van der Waals surface area contributed by atoms with Crippen molar-refractivity contribution >= 4 is 5.91 Å². The predicted octanol–water partition coefficient (Wildman–Crippen LogP) is -0.0916. The van der Waals surface area contributed by atoms with Crippen molar-refractivity contribution in [3.63, 3.8) is 0 Å². The third kappa shape index (κ3) is 4.31. The van der Waals surface area contributed by atoms with Gasteiger partial charge < -0.3 is 15.2 Å². The molecule has 0 aliphatic carbocycles. The molecule has 0 aromatic rings. The van der Waals surface area contributed by atoms with Gasteiger partial charge in [0.25, 0.3) is 5.91 Å². The molecule has 0 saturated carbocycles. The second kappa shape index (κ2) is 4.42. The molecule has 4 heteroatoms. The first-order valence-corrected chi connectivity index (χ1v) is 3.91. The maximum atomic E-state index is 11.1. The molecule has 4 nitrogen and oxygen atoms in total. The van der Waals surface area contributed by atoms with E-state index in [9.17, 15) is 9.90 Å². The number of carbonyl (C=O) groups excluding carboxylic acids is 1. The lowest BCUT2D eigenvalue weighted by molar-refractivity contribution is -0.136. The van der Waals surface area contributed by atoms with Gasteiger partial charge in [0, 0.05) is 13.7 Å². The first kappa shape index (κ1) is 11.4. The molecule has 0 aliphatic rings. The number of carbonyl (C=O) groups is 1. The van der Waals surface area contributed by atoms with Gasteiger partial charge in [-0.2, -0.15) is 0 Å². The Hall–Kier alpha value is -0.610. The van der Waals surface area contributed by atoms with E-state index < -0.39 is 5.60 Å². The molecule has 1 atom stereocenters. The van der Waals surface area contributed by atoms with Gasteiger partial charge in [0.15, 0.2) is 0 Å². The second-order valence-corrected chi connectivity index (χ2v) is 3.32. The van der Waals surface area contributed by atoms with Crippen LogP contribution >= 0.6 is 0 Å². The Morgan fingerprint density at radius 1 is 1.67 bits per heavy atom. The van der Waals surface area contributed by atoms with Crippen LogP contribution in [0.1, 0.15) is 20.8 Å². The lowest BCUT2D eigenvalue weighted by atomic mass is 10.1.